The molecule has 1 aliphatic carbocycles. The Balaban J connectivity index is 1.94. The zero-order valence-corrected chi connectivity index (χ0v) is 12.1. The number of aryl methyl sites for hydroxylation is 1. The molecule has 1 amide bonds. The summed E-state index contributed by atoms with van der Waals surface area (Å²) in [6.45, 7) is 3.12. The third kappa shape index (κ3) is 2.18. The van der Waals surface area contributed by atoms with Crippen molar-refractivity contribution in [2.45, 2.75) is 38.3 Å². The normalized spacial score (nSPS) is 25.1. The maximum atomic E-state index is 12.1. The van der Waals surface area contributed by atoms with Gasteiger partial charge < -0.3 is 14.4 Å². The molecular formula is C16H21NO3. The topological polar surface area (TPSA) is 38.8 Å². The lowest BCUT2D eigenvalue weighted by Crippen LogP contribution is -2.52. The van der Waals surface area contributed by atoms with Crippen LogP contribution in [0.2, 0.25) is 0 Å². The fourth-order valence-corrected chi connectivity index (χ4v) is 3.34. The molecule has 20 heavy (non-hydrogen) atoms. The van der Waals surface area contributed by atoms with Crippen molar-refractivity contribution >= 4 is 5.91 Å². The van der Waals surface area contributed by atoms with E-state index in [1.165, 1.54) is 11.1 Å². The highest BCUT2D eigenvalue weighted by atomic mass is 16.5. The average Bonchev–Trinajstić information content (AvgIpc) is 2.49. The summed E-state index contributed by atoms with van der Waals surface area (Å²) in [5.74, 6) is 0.978. The van der Waals surface area contributed by atoms with Crippen LogP contribution >= 0.6 is 0 Å². The largest absolute Gasteiger partial charge is 0.497 e. The van der Waals surface area contributed by atoms with Gasteiger partial charge in [0, 0.05) is 6.54 Å². The number of morpholine rings is 1. The monoisotopic (exact) mass is 275 g/mol. The van der Waals surface area contributed by atoms with Gasteiger partial charge in [-0.1, -0.05) is 13.0 Å². The third-order valence-corrected chi connectivity index (χ3v) is 4.29. The number of carbonyl (C=O) groups is 1. The number of benzene rings is 1. The highest BCUT2D eigenvalue weighted by Crippen LogP contribution is 2.39. The number of nitrogens with zero attached hydrogens (tertiary/aromatic N) is 1. The molecule has 1 aliphatic heterocycles. The van der Waals surface area contributed by atoms with Crippen molar-refractivity contribution in [1.29, 1.82) is 0 Å². The second-order valence-corrected chi connectivity index (χ2v) is 5.49. The first-order chi connectivity index (χ1) is 9.74. The number of amides is 1. The summed E-state index contributed by atoms with van der Waals surface area (Å²) in [6.07, 6.45) is 2.96. The molecular weight excluding hydrogens is 254 g/mol. The molecule has 0 radical (unpaired) electrons. The fraction of sp³-hybridized carbons (Fsp3) is 0.562. The van der Waals surface area contributed by atoms with Crippen molar-refractivity contribution in [3.8, 4) is 5.75 Å². The molecule has 2 aliphatic rings. The van der Waals surface area contributed by atoms with Crippen LogP contribution in [0.5, 0.6) is 5.75 Å². The molecule has 1 heterocycles. The number of fused-ring (bicyclic) bond motifs is 3. The predicted molar refractivity (Wildman–Crippen MR) is 75.8 cm³/mol. The molecule has 4 heteroatoms. The molecule has 1 aromatic carbocycles. The van der Waals surface area contributed by atoms with Crippen LogP contribution in [0.1, 0.15) is 37.0 Å². The molecule has 0 aromatic heterocycles. The van der Waals surface area contributed by atoms with E-state index in [9.17, 15) is 4.79 Å². The van der Waals surface area contributed by atoms with E-state index < -0.39 is 0 Å². The maximum Gasteiger partial charge on any atom is 0.248 e. The summed E-state index contributed by atoms with van der Waals surface area (Å²) >= 11 is 0. The standard InChI is InChI=1S/C16H21NO3/c1-3-8-17-14-7-5-11-4-6-12(19-2)9-13(11)16(14)20-10-15(17)18/h4,6,9,14,16H,3,5,7-8,10H2,1-2H3/t14-,16-/m0/s1. The van der Waals surface area contributed by atoms with Crippen molar-refractivity contribution in [2.75, 3.05) is 20.3 Å². The summed E-state index contributed by atoms with van der Waals surface area (Å²) in [5.41, 5.74) is 2.51. The van der Waals surface area contributed by atoms with E-state index in [0.29, 0.717) is 0 Å². The number of ether oxygens (including phenoxy) is 2. The van der Waals surface area contributed by atoms with Gasteiger partial charge in [0.25, 0.3) is 0 Å². The minimum atomic E-state index is -0.00176. The number of rotatable bonds is 3. The van der Waals surface area contributed by atoms with Crippen LogP contribution in [0.15, 0.2) is 18.2 Å². The van der Waals surface area contributed by atoms with E-state index in [-0.39, 0.29) is 24.7 Å². The van der Waals surface area contributed by atoms with Gasteiger partial charge in [0.2, 0.25) is 5.91 Å². The second kappa shape index (κ2) is 5.44. The summed E-state index contributed by atoms with van der Waals surface area (Å²) in [4.78, 5) is 14.1. The van der Waals surface area contributed by atoms with E-state index in [4.69, 9.17) is 9.47 Å². The molecule has 0 unspecified atom stereocenters. The molecule has 1 fully saturated rings. The number of methoxy groups -OCH3 is 1. The Morgan fingerprint density at radius 3 is 3.05 bits per heavy atom. The molecule has 1 aromatic rings. The molecule has 108 valence electrons. The highest BCUT2D eigenvalue weighted by molar-refractivity contribution is 5.78. The first kappa shape index (κ1) is 13.4. The molecule has 0 bridgehead atoms. The van der Waals surface area contributed by atoms with Crippen molar-refractivity contribution in [2.24, 2.45) is 0 Å². The SMILES string of the molecule is CCCN1C(=O)CO[C@H]2c3cc(OC)ccc3CC[C@@H]21. The Bertz CT molecular complexity index is 514. The molecule has 4 nitrogen and oxygen atoms in total. The third-order valence-electron chi connectivity index (χ3n) is 4.29. The lowest BCUT2D eigenvalue weighted by molar-refractivity contribution is -0.159. The molecule has 1 saturated heterocycles. The molecule has 2 atom stereocenters. The number of carbonyl (C=O) groups excluding carboxylic acids is 1. The Kier molecular flexibility index (Phi) is 3.66. The smallest absolute Gasteiger partial charge is 0.248 e. The second-order valence-electron chi connectivity index (χ2n) is 5.49. The summed E-state index contributed by atoms with van der Waals surface area (Å²) in [5, 5.41) is 0. The van der Waals surface area contributed by atoms with Crippen molar-refractivity contribution in [1.82, 2.24) is 4.90 Å². The lowest BCUT2D eigenvalue weighted by Gasteiger charge is -2.44. The van der Waals surface area contributed by atoms with E-state index >= 15 is 0 Å². The molecule has 0 saturated carbocycles. The van der Waals surface area contributed by atoms with Gasteiger partial charge in [-0.15, -0.1) is 0 Å². The van der Waals surface area contributed by atoms with Crippen LogP contribution in [-0.4, -0.2) is 37.1 Å². The van der Waals surface area contributed by atoms with E-state index in [0.717, 1.165) is 31.6 Å². The number of hydrogen-bond acceptors (Lipinski definition) is 3. The average molecular weight is 275 g/mol. The van der Waals surface area contributed by atoms with Crippen LogP contribution < -0.4 is 4.74 Å². The van der Waals surface area contributed by atoms with E-state index in [1.807, 2.05) is 11.0 Å². The van der Waals surface area contributed by atoms with Gasteiger partial charge in [0.05, 0.1) is 13.2 Å². The minimum absolute atomic E-state index is 0.00176. The molecule has 3 rings (SSSR count). The number of hydrogen-bond donors (Lipinski definition) is 0. The van der Waals surface area contributed by atoms with Crippen LogP contribution in [0.3, 0.4) is 0 Å². The van der Waals surface area contributed by atoms with Gasteiger partial charge in [-0.2, -0.15) is 0 Å². The van der Waals surface area contributed by atoms with Crippen LogP contribution in [-0.2, 0) is 16.0 Å². The first-order valence-electron chi connectivity index (χ1n) is 7.32. The maximum absolute atomic E-state index is 12.1. The minimum Gasteiger partial charge on any atom is -0.497 e. The van der Waals surface area contributed by atoms with Gasteiger partial charge in [-0.05, 0) is 42.5 Å². The van der Waals surface area contributed by atoms with E-state index in [1.54, 1.807) is 7.11 Å². The fourth-order valence-electron chi connectivity index (χ4n) is 3.34. The first-order valence-corrected chi connectivity index (χ1v) is 7.32. The molecule has 0 N–H and O–H groups in total. The predicted octanol–water partition coefficient (Wildman–Crippen LogP) is 2.32. The highest BCUT2D eigenvalue weighted by Gasteiger charge is 2.40. The summed E-state index contributed by atoms with van der Waals surface area (Å²) in [6, 6.07) is 6.35. The van der Waals surface area contributed by atoms with Crippen LogP contribution in [0, 0.1) is 0 Å². The molecule has 0 spiro atoms. The van der Waals surface area contributed by atoms with Crippen molar-refractivity contribution in [3.05, 3.63) is 29.3 Å². The summed E-state index contributed by atoms with van der Waals surface area (Å²) < 4.78 is 11.2. The zero-order valence-electron chi connectivity index (χ0n) is 12.1. The quantitative estimate of drug-likeness (QED) is 0.849. The Labute approximate surface area is 119 Å². The lowest BCUT2D eigenvalue weighted by atomic mass is 9.84. The van der Waals surface area contributed by atoms with E-state index in [2.05, 4.69) is 19.1 Å². The Morgan fingerprint density at radius 2 is 2.30 bits per heavy atom. The Hall–Kier alpha value is -1.55. The van der Waals surface area contributed by atoms with Gasteiger partial charge in [0.1, 0.15) is 18.5 Å². The van der Waals surface area contributed by atoms with Crippen molar-refractivity contribution < 1.29 is 14.3 Å². The van der Waals surface area contributed by atoms with Gasteiger partial charge in [-0.25, -0.2) is 0 Å². The van der Waals surface area contributed by atoms with Crippen LogP contribution in [0.25, 0.3) is 0 Å². The zero-order chi connectivity index (χ0) is 14.1. The van der Waals surface area contributed by atoms with Crippen molar-refractivity contribution in [3.63, 3.8) is 0 Å². The Morgan fingerprint density at radius 1 is 1.45 bits per heavy atom. The summed E-state index contributed by atoms with van der Waals surface area (Å²) in [7, 11) is 1.68. The van der Waals surface area contributed by atoms with Gasteiger partial charge in [-0.3, -0.25) is 4.79 Å². The van der Waals surface area contributed by atoms with Gasteiger partial charge in [0.15, 0.2) is 0 Å². The van der Waals surface area contributed by atoms with Crippen LogP contribution in [0.4, 0.5) is 0 Å². The van der Waals surface area contributed by atoms with Gasteiger partial charge >= 0.3 is 0 Å².